The summed E-state index contributed by atoms with van der Waals surface area (Å²) < 4.78 is 0. The molecular weight excluding hydrogens is 300 g/mol. The third-order valence-electron chi connectivity index (χ3n) is 3.81. The number of nitrogens with zero attached hydrogens (tertiary/aromatic N) is 2. The molecule has 1 saturated heterocycles. The van der Waals surface area contributed by atoms with Crippen molar-refractivity contribution >= 4 is 23.4 Å². The van der Waals surface area contributed by atoms with E-state index < -0.39 is 0 Å². The number of rotatable bonds is 2. The molecule has 1 aliphatic heterocycles. The minimum absolute atomic E-state index is 0.0881. The molecule has 1 aromatic carbocycles. The summed E-state index contributed by atoms with van der Waals surface area (Å²) in [5.41, 5.74) is 0.554. The average Bonchev–Trinajstić information content (AvgIpc) is 2.45. The van der Waals surface area contributed by atoms with Gasteiger partial charge in [0.15, 0.2) is 0 Å². The topological polar surface area (TPSA) is 40.6 Å². The fraction of sp³-hybridized carbons (Fsp3) is 0.529. The molecule has 0 saturated carbocycles. The zero-order chi connectivity index (χ0) is 16.3. The highest BCUT2D eigenvalue weighted by atomic mass is 35.5. The molecular formula is C17H23ClN2O2. The van der Waals surface area contributed by atoms with Gasteiger partial charge >= 0.3 is 0 Å². The zero-order valence-electron chi connectivity index (χ0n) is 13.4. The van der Waals surface area contributed by atoms with E-state index in [0.717, 1.165) is 5.56 Å². The van der Waals surface area contributed by atoms with E-state index in [1.807, 2.05) is 48.8 Å². The number of hydrogen-bond donors (Lipinski definition) is 0. The molecule has 4 nitrogen and oxygen atoms in total. The SMILES string of the molecule is CC(C)(C)C(=O)N1CCN(C(=O)Cc2cccc(Cl)c2)CC1. The van der Waals surface area contributed by atoms with E-state index >= 15 is 0 Å². The van der Waals surface area contributed by atoms with E-state index in [0.29, 0.717) is 37.6 Å². The lowest BCUT2D eigenvalue weighted by Gasteiger charge is -2.37. The molecule has 22 heavy (non-hydrogen) atoms. The van der Waals surface area contributed by atoms with E-state index in [-0.39, 0.29) is 17.2 Å². The summed E-state index contributed by atoms with van der Waals surface area (Å²) in [4.78, 5) is 28.2. The zero-order valence-corrected chi connectivity index (χ0v) is 14.2. The van der Waals surface area contributed by atoms with E-state index in [9.17, 15) is 9.59 Å². The first kappa shape index (κ1) is 16.8. The van der Waals surface area contributed by atoms with E-state index in [1.165, 1.54) is 0 Å². The van der Waals surface area contributed by atoms with Crippen LogP contribution in [0.25, 0.3) is 0 Å². The number of amides is 2. The van der Waals surface area contributed by atoms with E-state index in [1.54, 1.807) is 6.07 Å². The van der Waals surface area contributed by atoms with Crippen LogP contribution < -0.4 is 0 Å². The quantitative estimate of drug-likeness (QED) is 0.839. The fourth-order valence-electron chi connectivity index (χ4n) is 2.57. The van der Waals surface area contributed by atoms with Gasteiger partial charge in [0.2, 0.25) is 11.8 Å². The van der Waals surface area contributed by atoms with Crippen molar-refractivity contribution in [3.63, 3.8) is 0 Å². The third kappa shape index (κ3) is 4.23. The van der Waals surface area contributed by atoms with Crippen LogP contribution in [-0.4, -0.2) is 47.8 Å². The van der Waals surface area contributed by atoms with Gasteiger partial charge in [0.1, 0.15) is 0 Å². The van der Waals surface area contributed by atoms with Crippen molar-refractivity contribution in [2.75, 3.05) is 26.2 Å². The van der Waals surface area contributed by atoms with Gasteiger partial charge in [-0.05, 0) is 17.7 Å². The van der Waals surface area contributed by atoms with Gasteiger partial charge in [-0.3, -0.25) is 9.59 Å². The highest BCUT2D eigenvalue weighted by Crippen LogP contribution is 2.19. The molecule has 0 bridgehead atoms. The van der Waals surface area contributed by atoms with Crippen LogP contribution >= 0.6 is 11.6 Å². The summed E-state index contributed by atoms with van der Waals surface area (Å²) >= 11 is 5.94. The maximum Gasteiger partial charge on any atom is 0.228 e. The lowest BCUT2D eigenvalue weighted by atomic mass is 9.94. The Hall–Kier alpha value is -1.55. The number of piperazine rings is 1. The smallest absolute Gasteiger partial charge is 0.228 e. The van der Waals surface area contributed by atoms with Gasteiger partial charge in [0.05, 0.1) is 6.42 Å². The molecule has 1 fully saturated rings. The number of benzene rings is 1. The van der Waals surface area contributed by atoms with Crippen LogP contribution in [0.2, 0.25) is 5.02 Å². The van der Waals surface area contributed by atoms with Gasteiger partial charge < -0.3 is 9.80 Å². The second kappa shape index (κ2) is 6.69. The summed E-state index contributed by atoms with van der Waals surface area (Å²) in [6.45, 7) is 8.18. The van der Waals surface area contributed by atoms with Crippen LogP contribution in [0.5, 0.6) is 0 Å². The summed E-state index contributed by atoms with van der Waals surface area (Å²) in [7, 11) is 0. The molecule has 0 atom stereocenters. The number of hydrogen-bond acceptors (Lipinski definition) is 2. The molecule has 2 rings (SSSR count). The maximum atomic E-state index is 12.3. The number of carbonyl (C=O) groups is 2. The molecule has 0 radical (unpaired) electrons. The van der Waals surface area contributed by atoms with E-state index in [2.05, 4.69) is 0 Å². The molecule has 0 aliphatic carbocycles. The molecule has 2 amide bonds. The predicted octanol–water partition coefficient (Wildman–Crippen LogP) is 2.60. The van der Waals surface area contributed by atoms with Crippen molar-refractivity contribution in [2.45, 2.75) is 27.2 Å². The summed E-state index contributed by atoms with van der Waals surface area (Å²) in [5, 5.41) is 0.644. The first-order valence-corrected chi connectivity index (χ1v) is 7.97. The van der Waals surface area contributed by atoms with Crippen molar-refractivity contribution < 1.29 is 9.59 Å². The Bertz CT molecular complexity index is 558. The van der Waals surface area contributed by atoms with Crippen LogP contribution in [-0.2, 0) is 16.0 Å². The number of carbonyl (C=O) groups excluding carboxylic acids is 2. The van der Waals surface area contributed by atoms with Crippen molar-refractivity contribution in [1.29, 1.82) is 0 Å². The van der Waals surface area contributed by atoms with Crippen molar-refractivity contribution in [2.24, 2.45) is 5.41 Å². The number of halogens is 1. The molecule has 0 spiro atoms. The Balaban J connectivity index is 1.89. The molecule has 1 aromatic rings. The molecule has 0 unspecified atom stereocenters. The Labute approximate surface area is 137 Å². The molecule has 120 valence electrons. The van der Waals surface area contributed by atoms with Gasteiger partial charge in [-0.2, -0.15) is 0 Å². The normalized spacial score (nSPS) is 15.8. The monoisotopic (exact) mass is 322 g/mol. The Morgan fingerprint density at radius 1 is 1.09 bits per heavy atom. The molecule has 0 aromatic heterocycles. The third-order valence-corrected chi connectivity index (χ3v) is 4.04. The maximum absolute atomic E-state index is 12.3. The first-order chi connectivity index (χ1) is 10.3. The predicted molar refractivity (Wildman–Crippen MR) is 87.8 cm³/mol. The van der Waals surface area contributed by atoms with E-state index in [4.69, 9.17) is 11.6 Å². The van der Waals surface area contributed by atoms with Gasteiger partial charge in [-0.25, -0.2) is 0 Å². The lowest BCUT2D eigenvalue weighted by molar-refractivity contribution is -0.144. The van der Waals surface area contributed by atoms with Crippen molar-refractivity contribution in [3.8, 4) is 0 Å². The van der Waals surface area contributed by atoms with Crippen molar-refractivity contribution in [3.05, 3.63) is 34.9 Å². The molecule has 0 N–H and O–H groups in total. The van der Waals surface area contributed by atoms with Crippen LogP contribution in [0.3, 0.4) is 0 Å². The Morgan fingerprint density at radius 3 is 2.23 bits per heavy atom. The Morgan fingerprint density at radius 2 is 1.68 bits per heavy atom. The minimum Gasteiger partial charge on any atom is -0.339 e. The molecule has 1 heterocycles. The summed E-state index contributed by atoms with van der Waals surface area (Å²) in [6.07, 6.45) is 0.355. The largest absolute Gasteiger partial charge is 0.339 e. The first-order valence-electron chi connectivity index (χ1n) is 7.59. The average molecular weight is 323 g/mol. The van der Waals surface area contributed by atoms with Crippen LogP contribution in [0.15, 0.2) is 24.3 Å². The standard InChI is InChI=1S/C17H23ClN2O2/c1-17(2,3)16(22)20-9-7-19(8-10-20)15(21)12-13-5-4-6-14(18)11-13/h4-6,11H,7-10,12H2,1-3H3. The van der Waals surface area contributed by atoms with Gasteiger partial charge in [0.25, 0.3) is 0 Å². The molecule has 1 aliphatic rings. The van der Waals surface area contributed by atoms with Gasteiger partial charge in [-0.15, -0.1) is 0 Å². The highest BCUT2D eigenvalue weighted by Gasteiger charge is 2.30. The van der Waals surface area contributed by atoms with Crippen LogP contribution in [0.1, 0.15) is 26.3 Å². The van der Waals surface area contributed by atoms with Gasteiger partial charge in [0, 0.05) is 36.6 Å². The van der Waals surface area contributed by atoms with Crippen LogP contribution in [0.4, 0.5) is 0 Å². The summed E-state index contributed by atoms with van der Waals surface area (Å²) in [5.74, 6) is 0.236. The second-order valence-electron chi connectivity index (χ2n) is 6.73. The fourth-order valence-corrected chi connectivity index (χ4v) is 2.78. The van der Waals surface area contributed by atoms with Gasteiger partial charge in [-0.1, -0.05) is 44.5 Å². The Kier molecular flexibility index (Phi) is 5.12. The summed E-state index contributed by atoms with van der Waals surface area (Å²) in [6, 6.07) is 7.37. The molecule has 5 heteroatoms. The second-order valence-corrected chi connectivity index (χ2v) is 7.17. The highest BCUT2D eigenvalue weighted by molar-refractivity contribution is 6.30. The lowest BCUT2D eigenvalue weighted by Crippen LogP contribution is -2.53. The van der Waals surface area contributed by atoms with Crippen LogP contribution in [0, 0.1) is 5.41 Å². The van der Waals surface area contributed by atoms with Crippen molar-refractivity contribution in [1.82, 2.24) is 9.80 Å². The minimum atomic E-state index is -0.368.